The van der Waals surface area contributed by atoms with Crippen molar-refractivity contribution in [1.82, 2.24) is 5.32 Å². The van der Waals surface area contributed by atoms with Crippen LogP contribution in [0.5, 0.6) is 0 Å². The number of rotatable bonds is 5. The molecule has 0 rings (SSSR count). The molecule has 0 spiro atoms. The third-order valence-corrected chi connectivity index (χ3v) is 2.96. The summed E-state index contributed by atoms with van der Waals surface area (Å²) in [6, 6.07) is 0. The van der Waals surface area contributed by atoms with Crippen LogP contribution in [0.4, 0.5) is 4.79 Å². The van der Waals surface area contributed by atoms with Crippen molar-refractivity contribution < 1.29 is 9.90 Å². The van der Waals surface area contributed by atoms with Crippen LogP contribution in [0.25, 0.3) is 0 Å². The third kappa shape index (κ3) is 6.13. The lowest BCUT2D eigenvalue weighted by Gasteiger charge is -2.33. The molecule has 4 heteroatoms. The Morgan fingerprint density at radius 2 is 1.79 bits per heavy atom. The molecule has 14 heavy (non-hydrogen) atoms. The van der Waals surface area contributed by atoms with E-state index in [2.05, 4.69) is 45.6 Å². The molecule has 0 aliphatic rings. The molecule has 1 amide bonds. The van der Waals surface area contributed by atoms with E-state index in [1.165, 1.54) is 0 Å². The van der Waals surface area contributed by atoms with Crippen molar-refractivity contribution in [2.75, 3.05) is 12.3 Å². The van der Waals surface area contributed by atoms with E-state index < -0.39 is 6.09 Å². The molecule has 0 aliphatic heterocycles. The van der Waals surface area contributed by atoms with Crippen molar-refractivity contribution in [2.24, 2.45) is 10.8 Å². The summed E-state index contributed by atoms with van der Waals surface area (Å²) < 4.78 is 0. The summed E-state index contributed by atoms with van der Waals surface area (Å²) in [6.45, 7) is 8.90. The van der Waals surface area contributed by atoms with E-state index in [-0.39, 0.29) is 10.8 Å². The maximum absolute atomic E-state index is 10.4. The highest BCUT2D eigenvalue weighted by molar-refractivity contribution is 7.80. The van der Waals surface area contributed by atoms with Gasteiger partial charge >= 0.3 is 6.09 Å². The van der Waals surface area contributed by atoms with Crippen molar-refractivity contribution in [2.45, 2.75) is 34.1 Å². The predicted octanol–water partition coefficient (Wildman–Crippen LogP) is 2.63. The normalized spacial score (nSPS) is 12.6. The van der Waals surface area contributed by atoms with Crippen LogP contribution >= 0.6 is 12.6 Å². The summed E-state index contributed by atoms with van der Waals surface area (Å²) in [7, 11) is 0. The Bertz CT molecular complexity index is 202. The van der Waals surface area contributed by atoms with Gasteiger partial charge in [-0.05, 0) is 23.0 Å². The quantitative estimate of drug-likeness (QED) is 0.623. The van der Waals surface area contributed by atoms with Gasteiger partial charge in [-0.25, -0.2) is 4.79 Å². The fourth-order valence-corrected chi connectivity index (χ4v) is 1.84. The first kappa shape index (κ1) is 13.6. The topological polar surface area (TPSA) is 49.3 Å². The molecule has 0 unspecified atom stereocenters. The fraction of sp³-hybridized carbons (Fsp3) is 0.900. The molecule has 0 atom stereocenters. The van der Waals surface area contributed by atoms with Crippen molar-refractivity contribution >= 4 is 18.7 Å². The highest BCUT2D eigenvalue weighted by Crippen LogP contribution is 2.33. The van der Waals surface area contributed by atoms with Gasteiger partial charge in [0.05, 0.1) is 0 Å². The van der Waals surface area contributed by atoms with Gasteiger partial charge in [-0.1, -0.05) is 27.7 Å². The lowest BCUT2D eigenvalue weighted by atomic mass is 9.76. The number of hydrogen-bond acceptors (Lipinski definition) is 2. The first-order valence-corrected chi connectivity index (χ1v) is 5.39. The molecule has 0 saturated carbocycles. The number of carboxylic acid groups (broad SMARTS) is 1. The summed E-state index contributed by atoms with van der Waals surface area (Å²) in [4.78, 5) is 10.4. The molecule has 0 aromatic carbocycles. The molecule has 0 heterocycles. The van der Waals surface area contributed by atoms with Gasteiger partial charge in [-0.15, -0.1) is 0 Å². The summed E-state index contributed by atoms with van der Waals surface area (Å²) in [6.07, 6.45) is -0.00851. The number of hydrogen-bond donors (Lipinski definition) is 3. The second-order valence-corrected chi connectivity index (χ2v) is 5.64. The van der Waals surface area contributed by atoms with Gasteiger partial charge in [-0.2, -0.15) is 12.6 Å². The molecule has 0 aromatic heterocycles. The third-order valence-electron chi connectivity index (χ3n) is 2.10. The van der Waals surface area contributed by atoms with Crippen LogP contribution in [-0.2, 0) is 0 Å². The summed E-state index contributed by atoms with van der Waals surface area (Å²) in [5.41, 5.74) is 0.122. The second-order valence-electron chi connectivity index (χ2n) is 5.32. The standard InChI is InChI=1S/C10H21NO2S/c1-9(2,6-11-8(12)13)5-10(3,4)7-14/h11,14H,5-7H2,1-4H3,(H,12,13). The average Bonchev–Trinajstić information content (AvgIpc) is 1.99. The van der Waals surface area contributed by atoms with Crippen molar-refractivity contribution in [1.29, 1.82) is 0 Å². The first-order valence-electron chi connectivity index (χ1n) is 4.76. The van der Waals surface area contributed by atoms with Crippen molar-refractivity contribution in [3.63, 3.8) is 0 Å². The monoisotopic (exact) mass is 219 g/mol. The van der Waals surface area contributed by atoms with E-state index in [9.17, 15) is 4.79 Å². The minimum atomic E-state index is -0.957. The minimum absolute atomic E-state index is 0.0232. The van der Waals surface area contributed by atoms with E-state index in [1.54, 1.807) is 0 Å². The fourth-order valence-electron chi connectivity index (χ4n) is 1.73. The van der Waals surface area contributed by atoms with Crippen LogP contribution in [-0.4, -0.2) is 23.5 Å². The molecular formula is C10H21NO2S. The van der Waals surface area contributed by atoms with Crippen LogP contribution in [0.3, 0.4) is 0 Å². The Balaban J connectivity index is 4.12. The Hall–Kier alpha value is -0.380. The maximum Gasteiger partial charge on any atom is 0.404 e. The zero-order valence-electron chi connectivity index (χ0n) is 9.42. The van der Waals surface area contributed by atoms with Crippen LogP contribution < -0.4 is 5.32 Å². The van der Waals surface area contributed by atoms with E-state index in [1.807, 2.05) is 0 Å². The summed E-state index contributed by atoms with van der Waals surface area (Å²) in [5, 5.41) is 10.9. The van der Waals surface area contributed by atoms with Crippen LogP contribution in [0.2, 0.25) is 0 Å². The molecule has 3 nitrogen and oxygen atoms in total. The van der Waals surface area contributed by atoms with Crippen molar-refractivity contribution in [3.8, 4) is 0 Å². The summed E-state index contributed by atoms with van der Waals surface area (Å²) in [5.74, 6) is 0.809. The highest BCUT2D eigenvalue weighted by atomic mass is 32.1. The molecular weight excluding hydrogens is 198 g/mol. The zero-order chi connectivity index (χ0) is 11.4. The smallest absolute Gasteiger partial charge is 0.404 e. The molecule has 0 bridgehead atoms. The summed E-state index contributed by atoms with van der Waals surface area (Å²) >= 11 is 4.29. The Morgan fingerprint density at radius 3 is 2.14 bits per heavy atom. The Labute approximate surface area is 91.7 Å². The molecule has 0 radical (unpaired) electrons. The van der Waals surface area contributed by atoms with Gasteiger partial charge in [0.2, 0.25) is 0 Å². The van der Waals surface area contributed by atoms with Gasteiger partial charge in [0.1, 0.15) is 0 Å². The van der Waals surface area contributed by atoms with Gasteiger partial charge in [-0.3, -0.25) is 0 Å². The number of nitrogens with one attached hydrogen (secondary N) is 1. The van der Waals surface area contributed by atoms with E-state index in [0.717, 1.165) is 12.2 Å². The van der Waals surface area contributed by atoms with Gasteiger partial charge < -0.3 is 10.4 Å². The second kappa shape index (κ2) is 4.91. The SMILES string of the molecule is CC(C)(CS)CC(C)(C)CNC(=O)O. The van der Waals surface area contributed by atoms with Gasteiger partial charge in [0.15, 0.2) is 0 Å². The molecule has 0 aromatic rings. The number of thiol groups is 1. The van der Waals surface area contributed by atoms with Crippen LogP contribution in [0, 0.1) is 10.8 Å². The molecule has 0 saturated heterocycles. The van der Waals surface area contributed by atoms with Crippen LogP contribution in [0.15, 0.2) is 0 Å². The Kier molecular flexibility index (Phi) is 4.78. The van der Waals surface area contributed by atoms with Crippen LogP contribution in [0.1, 0.15) is 34.1 Å². The lowest BCUT2D eigenvalue weighted by Crippen LogP contribution is -2.36. The lowest BCUT2D eigenvalue weighted by molar-refractivity contribution is 0.174. The zero-order valence-corrected chi connectivity index (χ0v) is 10.3. The minimum Gasteiger partial charge on any atom is -0.465 e. The Morgan fingerprint density at radius 1 is 1.29 bits per heavy atom. The van der Waals surface area contributed by atoms with Gasteiger partial charge in [0, 0.05) is 6.54 Å². The highest BCUT2D eigenvalue weighted by Gasteiger charge is 2.28. The number of carbonyl (C=O) groups is 1. The van der Waals surface area contributed by atoms with Crippen molar-refractivity contribution in [3.05, 3.63) is 0 Å². The molecule has 2 N–H and O–H groups in total. The predicted molar refractivity (Wildman–Crippen MR) is 62.1 cm³/mol. The molecule has 0 fully saturated rings. The average molecular weight is 219 g/mol. The molecule has 84 valence electrons. The van der Waals surface area contributed by atoms with E-state index >= 15 is 0 Å². The largest absolute Gasteiger partial charge is 0.465 e. The maximum atomic E-state index is 10.4. The first-order chi connectivity index (χ1) is 6.18. The molecule has 0 aliphatic carbocycles. The van der Waals surface area contributed by atoms with E-state index in [0.29, 0.717) is 6.54 Å². The van der Waals surface area contributed by atoms with Gasteiger partial charge in [0.25, 0.3) is 0 Å². The number of amides is 1. The van der Waals surface area contributed by atoms with E-state index in [4.69, 9.17) is 5.11 Å².